The Hall–Kier alpha value is -1.24. The largest absolute Gasteiger partial charge is 0.481 e. The minimum absolute atomic E-state index is 0.0281. The first-order valence-electron chi connectivity index (χ1n) is 8.90. The predicted molar refractivity (Wildman–Crippen MR) is 109 cm³/mol. The van der Waals surface area contributed by atoms with E-state index in [-0.39, 0.29) is 16.9 Å². The Morgan fingerprint density at radius 1 is 1.27 bits per heavy atom. The van der Waals surface area contributed by atoms with Crippen LogP contribution in [0, 0.1) is 5.92 Å². The number of thioether (sulfide) groups is 2. The van der Waals surface area contributed by atoms with Gasteiger partial charge in [-0.3, -0.25) is 9.59 Å². The van der Waals surface area contributed by atoms with Gasteiger partial charge in [-0.25, -0.2) is 0 Å². The monoisotopic (exact) mass is 394 g/mol. The first-order chi connectivity index (χ1) is 12.6. The van der Waals surface area contributed by atoms with Crippen LogP contribution in [-0.4, -0.2) is 50.6 Å². The summed E-state index contributed by atoms with van der Waals surface area (Å²) in [5.41, 5.74) is 1.09. The normalized spacial score (nSPS) is 21.3. The van der Waals surface area contributed by atoms with E-state index in [2.05, 4.69) is 0 Å². The lowest BCUT2D eigenvalue weighted by Crippen LogP contribution is -2.17. The minimum Gasteiger partial charge on any atom is -0.481 e. The smallest absolute Gasteiger partial charge is 0.313 e. The molecule has 142 valence electrons. The van der Waals surface area contributed by atoms with Gasteiger partial charge in [0.05, 0.1) is 17.1 Å². The standard InChI is InChI=1S/C20H26O4S2/c21-17(13-15-5-2-1-3-6-15)9-7-16-8-10-18(22)20(16)26-12-4-11-25-14-19(23)24/h1-3,5-7,9,16-17,20-21H,4,8,10-14H2,(H,23,24)/t16?,17?,20-/m1/s1. The van der Waals surface area contributed by atoms with E-state index >= 15 is 0 Å². The predicted octanol–water partition coefficient (Wildman–Crippen LogP) is 3.44. The Kier molecular flexibility index (Phi) is 9.29. The van der Waals surface area contributed by atoms with E-state index in [1.54, 1.807) is 11.8 Å². The van der Waals surface area contributed by atoms with E-state index in [9.17, 15) is 14.7 Å². The molecule has 6 heteroatoms. The van der Waals surface area contributed by atoms with Gasteiger partial charge in [0.2, 0.25) is 0 Å². The average molecular weight is 395 g/mol. The molecule has 1 aliphatic carbocycles. The summed E-state index contributed by atoms with van der Waals surface area (Å²) in [4.78, 5) is 22.6. The molecular formula is C20H26O4S2. The van der Waals surface area contributed by atoms with Gasteiger partial charge in [0.1, 0.15) is 5.78 Å². The van der Waals surface area contributed by atoms with Crippen LogP contribution in [0.4, 0.5) is 0 Å². The molecule has 1 aromatic rings. The number of carboxylic acid groups (broad SMARTS) is 1. The zero-order valence-electron chi connectivity index (χ0n) is 14.8. The Balaban J connectivity index is 1.74. The van der Waals surface area contributed by atoms with Crippen molar-refractivity contribution in [2.75, 3.05) is 17.3 Å². The number of aliphatic hydroxyl groups is 1. The Morgan fingerprint density at radius 2 is 2.04 bits per heavy atom. The lowest BCUT2D eigenvalue weighted by molar-refractivity contribution is -0.133. The molecule has 0 radical (unpaired) electrons. The van der Waals surface area contributed by atoms with Crippen molar-refractivity contribution in [1.82, 2.24) is 0 Å². The number of carbonyl (C=O) groups excluding carboxylic acids is 1. The second-order valence-electron chi connectivity index (χ2n) is 6.40. The lowest BCUT2D eigenvalue weighted by atomic mass is 10.0. The van der Waals surface area contributed by atoms with Crippen molar-refractivity contribution in [3.63, 3.8) is 0 Å². The molecule has 1 saturated carbocycles. The molecule has 3 atom stereocenters. The highest BCUT2D eigenvalue weighted by Crippen LogP contribution is 2.34. The van der Waals surface area contributed by atoms with Gasteiger partial charge in [-0.05, 0) is 35.8 Å². The molecule has 0 heterocycles. The van der Waals surface area contributed by atoms with Crippen molar-refractivity contribution in [2.24, 2.45) is 5.92 Å². The van der Waals surface area contributed by atoms with E-state index in [0.717, 1.165) is 29.9 Å². The van der Waals surface area contributed by atoms with Crippen LogP contribution in [0.25, 0.3) is 0 Å². The zero-order chi connectivity index (χ0) is 18.8. The highest BCUT2D eigenvalue weighted by molar-refractivity contribution is 8.01. The third-order valence-electron chi connectivity index (χ3n) is 4.25. The highest BCUT2D eigenvalue weighted by atomic mass is 32.2. The number of Topliss-reactive ketones (excluding diaryl/α,β-unsaturated/α-hetero) is 1. The van der Waals surface area contributed by atoms with E-state index in [0.29, 0.717) is 18.6 Å². The first-order valence-corrected chi connectivity index (χ1v) is 11.1. The number of aliphatic hydroxyl groups excluding tert-OH is 1. The molecule has 2 rings (SSSR count). The molecule has 0 spiro atoms. The molecule has 1 aromatic carbocycles. The topological polar surface area (TPSA) is 74.6 Å². The molecule has 1 fully saturated rings. The van der Waals surface area contributed by atoms with Crippen molar-refractivity contribution in [3.05, 3.63) is 48.0 Å². The number of hydrogen-bond donors (Lipinski definition) is 2. The molecule has 1 aliphatic rings. The molecule has 0 saturated heterocycles. The maximum atomic E-state index is 12.1. The summed E-state index contributed by atoms with van der Waals surface area (Å²) in [6, 6.07) is 9.87. The maximum Gasteiger partial charge on any atom is 0.313 e. The number of carboxylic acids is 1. The third kappa shape index (κ3) is 7.56. The van der Waals surface area contributed by atoms with E-state index in [1.165, 1.54) is 11.8 Å². The van der Waals surface area contributed by atoms with Gasteiger partial charge in [-0.2, -0.15) is 11.8 Å². The lowest BCUT2D eigenvalue weighted by Gasteiger charge is -2.15. The van der Waals surface area contributed by atoms with Gasteiger partial charge in [0, 0.05) is 12.8 Å². The van der Waals surface area contributed by atoms with E-state index in [1.807, 2.05) is 42.5 Å². The summed E-state index contributed by atoms with van der Waals surface area (Å²) in [6.07, 6.45) is 6.23. The fourth-order valence-electron chi connectivity index (χ4n) is 2.98. The summed E-state index contributed by atoms with van der Waals surface area (Å²) >= 11 is 3.09. The molecule has 0 amide bonds. The fourth-order valence-corrected chi connectivity index (χ4v) is 5.17. The molecular weight excluding hydrogens is 368 g/mol. The highest BCUT2D eigenvalue weighted by Gasteiger charge is 2.33. The summed E-state index contributed by atoms with van der Waals surface area (Å²) in [5.74, 6) is 1.49. The SMILES string of the molecule is O=C(O)CSCCCS[C@H]1C(=O)CCC1C=CC(O)Cc1ccccc1. The zero-order valence-corrected chi connectivity index (χ0v) is 16.4. The molecule has 0 bridgehead atoms. The molecule has 2 unspecified atom stereocenters. The summed E-state index contributed by atoms with van der Waals surface area (Å²) in [5, 5.41) is 18.8. The molecule has 0 aliphatic heterocycles. The molecule has 0 aromatic heterocycles. The van der Waals surface area contributed by atoms with Crippen LogP contribution in [0.1, 0.15) is 24.8 Å². The van der Waals surface area contributed by atoms with Gasteiger partial charge in [0.25, 0.3) is 0 Å². The number of aliphatic carboxylic acids is 1. The molecule has 2 N–H and O–H groups in total. The van der Waals surface area contributed by atoms with Gasteiger partial charge < -0.3 is 10.2 Å². The van der Waals surface area contributed by atoms with Gasteiger partial charge in [-0.1, -0.05) is 42.5 Å². The van der Waals surface area contributed by atoms with Gasteiger partial charge in [0.15, 0.2) is 0 Å². The van der Waals surface area contributed by atoms with Crippen LogP contribution in [0.5, 0.6) is 0 Å². The van der Waals surface area contributed by atoms with Crippen molar-refractivity contribution in [3.8, 4) is 0 Å². The van der Waals surface area contributed by atoms with Gasteiger partial charge in [-0.15, -0.1) is 11.8 Å². The number of rotatable bonds is 11. The molecule has 26 heavy (non-hydrogen) atoms. The van der Waals surface area contributed by atoms with Crippen LogP contribution in [0.2, 0.25) is 0 Å². The number of benzene rings is 1. The summed E-state index contributed by atoms with van der Waals surface area (Å²) < 4.78 is 0. The number of carbonyl (C=O) groups is 2. The fraction of sp³-hybridized carbons (Fsp3) is 0.500. The van der Waals surface area contributed by atoms with Crippen LogP contribution in [-0.2, 0) is 16.0 Å². The van der Waals surface area contributed by atoms with Crippen LogP contribution < -0.4 is 0 Å². The maximum absolute atomic E-state index is 12.1. The van der Waals surface area contributed by atoms with Crippen LogP contribution >= 0.6 is 23.5 Å². The van der Waals surface area contributed by atoms with Crippen LogP contribution in [0.3, 0.4) is 0 Å². The van der Waals surface area contributed by atoms with Gasteiger partial charge >= 0.3 is 5.97 Å². The minimum atomic E-state index is -0.784. The van der Waals surface area contributed by atoms with Crippen molar-refractivity contribution >= 4 is 35.3 Å². The molecule has 4 nitrogen and oxygen atoms in total. The summed E-state index contributed by atoms with van der Waals surface area (Å²) in [7, 11) is 0. The van der Waals surface area contributed by atoms with Crippen molar-refractivity contribution in [2.45, 2.75) is 37.0 Å². The average Bonchev–Trinajstić information content (AvgIpc) is 2.97. The Morgan fingerprint density at radius 3 is 2.77 bits per heavy atom. The number of hydrogen-bond acceptors (Lipinski definition) is 5. The van der Waals surface area contributed by atoms with E-state index in [4.69, 9.17) is 5.11 Å². The van der Waals surface area contributed by atoms with Crippen LogP contribution in [0.15, 0.2) is 42.5 Å². The Labute approximate surface area is 163 Å². The van der Waals surface area contributed by atoms with Crippen molar-refractivity contribution in [1.29, 1.82) is 0 Å². The van der Waals surface area contributed by atoms with Crippen molar-refractivity contribution < 1.29 is 19.8 Å². The number of ketones is 1. The second-order valence-corrected chi connectivity index (χ2v) is 8.76. The quantitative estimate of drug-likeness (QED) is 0.442. The van der Waals surface area contributed by atoms with E-state index < -0.39 is 12.1 Å². The summed E-state index contributed by atoms with van der Waals surface area (Å²) in [6.45, 7) is 0. The number of allylic oxidation sites excluding steroid dienone is 1. The Bertz CT molecular complexity index is 603. The third-order valence-corrected chi connectivity index (χ3v) is 6.78. The first kappa shape index (κ1) is 21.1. The second kappa shape index (κ2) is 11.5.